The van der Waals surface area contributed by atoms with Gasteiger partial charge in [0.05, 0.1) is 11.1 Å². The van der Waals surface area contributed by atoms with Crippen molar-refractivity contribution in [2.24, 2.45) is 11.3 Å². The third-order valence-electron chi connectivity index (χ3n) is 4.59. The molecule has 1 aromatic carbocycles. The van der Waals surface area contributed by atoms with E-state index in [9.17, 15) is 23.9 Å². The molecule has 1 saturated heterocycles. The van der Waals surface area contributed by atoms with Gasteiger partial charge in [-0.3, -0.25) is 14.4 Å². The minimum absolute atomic E-state index is 0.00337. The van der Waals surface area contributed by atoms with Crippen LogP contribution in [0.5, 0.6) is 0 Å². The number of rotatable bonds is 7. The molecule has 3 N–H and O–H groups in total. The van der Waals surface area contributed by atoms with Gasteiger partial charge in [-0.25, -0.2) is 4.39 Å². The summed E-state index contributed by atoms with van der Waals surface area (Å²) in [5.41, 5.74) is -1.01. The van der Waals surface area contributed by atoms with E-state index in [0.29, 0.717) is 26.1 Å². The van der Waals surface area contributed by atoms with E-state index in [2.05, 4.69) is 10.6 Å². The van der Waals surface area contributed by atoms with Crippen molar-refractivity contribution in [2.45, 2.75) is 33.1 Å². The van der Waals surface area contributed by atoms with Crippen molar-refractivity contribution < 1.29 is 28.6 Å². The first-order valence-electron chi connectivity index (χ1n) is 8.92. The molecule has 1 heterocycles. The number of carbonyl (C=O) groups is 3. The molecule has 27 heavy (non-hydrogen) atoms. The fraction of sp³-hybridized carbons (Fsp3) is 0.526. The second-order valence-electron chi connectivity index (χ2n) is 7.22. The van der Waals surface area contributed by atoms with Crippen LogP contribution < -0.4 is 10.6 Å². The van der Waals surface area contributed by atoms with E-state index in [1.807, 2.05) is 13.8 Å². The molecule has 0 aliphatic carbocycles. The lowest BCUT2D eigenvalue weighted by molar-refractivity contribution is -0.154. The number of carboxylic acid groups (broad SMARTS) is 1. The highest BCUT2D eigenvalue weighted by atomic mass is 19.1. The number of aliphatic carboxylic acids is 1. The highest BCUT2D eigenvalue weighted by molar-refractivity contribution is 5.96. The third kappa shape index (κ3) is 5.50. The molecule has 0 atom stereocenters. The van der Waals surface area contributed by atoms with E-state index in [1.165, 1.54) is 12.1 Å². The number of anilines is 1. The molecule has 0 bridgehead atoms. The quantitative estimate of drug-likeness (QED) is 0.674. The average Bonchev–Trinajstić information content (AvgIpc) is 2.61. The van der Waals surface area contributed by atoms with Gasteiger partial charge in [-0.15, -0.1) is 0 Å². The van der Waals surface area contributed by atoms with E-state index in [4.69, 9.17) is 4.74 Å². The van der Waals surface area contributed by atoms with Crippen LogP contribution in [0.3, 0.4) is 0 Å². The van der Waals surface area contributed by atoms with Gasteiger partial charge in [0.1, 0.15) is 5.82 Å². The summed E-state index contributed by atoms with van der Waals surface area (Å²) in [5, 5.41) is 14.5. The molecule has 2 amide bonds. The number of carbonyl (C=O) groups excluding carboxylic acids is 2. The highest BCUT2D eigenvalue weighted by Crippen LogP contribution is 2.30. The first-order valence-corrected chi connectivity index (χ1v) is 8.92. The Labute approximate surface area is 157 Å². The molecule has 0 saturated carbocycles. The average molecular weight is 380 g/mol. The largest absolute Gasteiger partial charge is 0.481 e. The minimum atomic E-state index is -1.07. The van der Waals surface area contributed by atoms with E-state index in [0.717, 1.165) is 6.07 Å². The normalized spacial score (nSPS) is 16.0. The first kappa shape index (κ1) is 20.8. The Morgan fingerprint density at radius 2 is 1.93 bits per heavy atom. The number of amides is 2. The highest BCUT2D eigenvalue weighted by Gasteiger charge is 2.40. The Bertz CT molecular complexity index is 714. The van der Waals surface area contributed by atoms with E-state index < -0.39 is 23.1 Å². The summed E-state index contributed by atoms with van der Waals surface area (Å²) in [7, 11) is 0. The number of benzene rings is 1. The monoisotopic (exact) mass is 380 g/mol. The SMILES string of the molecule is CC(C)CC(=O)Nc1ccc(C(=O)NCC2(C(=O)O)CCOCC2)cc1F. The second kappa shape index (κ2) is 8.94. The van der Waals surface area contributed by atoms with Crippen LogP contribution in [0.4, 0.5) is 10.1 Å². The number of nitrogens with one attached hydrogen (secondary N) is 2. The predicted octanol–water partition coefficient (Wildman–Crippen LogP) is 2.42. The lowest BCUT2D eigenvalue weighted by atomic mass is 9.80. The Hall–Kier alpha value is -2.48. The summed E-state index contributed by atoms with van der Waals surface area (Å²) in [6.45, 7) is 4.35. The summed E-state index contributed by atoms with van der Waals surface area (Å²) in [6, 6.07) is 3.74. The van der Waals surface area contributed by atoms with Crippen molar-refractivity contribution in [3.63, 3.8) is 0 Å². The second-order valence-corrected chi connectivity index (χ2v) is 7.22. The molecule has 1 fully saturated rings. The van der Waals surface area contributed by atoms with Crippen LogP contribution in [0, 0.1) is 17.2 Å². The molecule has 0 aromatic heterocycles. The van der Waals surface area contributed by atoms with Crippen LogP contribution in [0.15, 0.2) is 18.2 Å². The number of carboxylic acids is 1. The number of halogens is 1. The fourth-order valence-electron chi connectivity index (χ4n) is 2.91. The lowest BCUT2D eigenvalue weighted by Gasteiger charge is -2.33. The molecule has 148 valence electrons. The lowest BCUT2D eigenvalue weighted by Crippen LogP contribution is -2.46. The van der Waals surface area contributed by atoms with Gasteiger partial charge in [-0.1, -0.05) is 13.8 Å². The molecule has 0 spiro atoms. The van der Waals surface area contributed by atoms with Crippen LogP contribution >= 0.6 is 0 Å². The fourth-order valence-corrected chi connectivity index (χ4v) is 2.91. The zero-order chi connectivity index (χ0) is 20.0. The Morgan fingerprint density at radius 3 is 2.48 bits per heavy atom. The molecule has 0 radical (unpaired) electrons. The smallest absolute Gasteiger partial charge is 0.311 e. The molecule has 1 aliphatic rings. The Morgan fingerprint density at radius 1 is 1.26 bits per heavy atom. The van der Waals surface area contributed by atoms with Crippen molar-refractivity contribution in [1.29, 1.82) is 0 Å². The van der Waals surface area contributed by atoms with Crippen molar-refractivity contribution in [3.05, 3.63) is 29.6 Å². The Kier molecular flexibility index (Phi) is 6.90. The zero-order valence-corrected chi connectivity index (χ0v) is 15.5. The number of hydrogen-bond donors (Lipinski definition) is 3. The topological polar surface area (TPSA) is 105 Å². The van der Waals surface area contributed by atoms with Gasteiger partial charge in [-0.2, -0.15) is 0 Å². The molecular formula is C19H25FN2O5. The van der Waals surface area contributed by atoms with Gasteiger partial charge >= 0.3 is 5.97 Å². The Balaban J connectivity index is 2.01. The van der Waals surface area contributed by atoms with Gasteiger partial charge in [0.2, 0.25) is 5.91 Å². The molecule has 1 aliphatic heterocycles. The van der Waals surface area contributed by atoms with Gasteiger partial charge < -0.3 is 20.5 Å². The van der Waals surface area contributed by atoms with Crippen LogP contribution in [-0.2, 0) is 14.3 Å². The standard InChI is InChI=1S/C19H25FN2O5/c1-12(2)9-16(23)22-15-4-3-13(10-14(15)20)17(24)21-11-19(18(25)26)5-7-27-8-6-19/h3-4,10,12H,5-9,11H2,1-2H3,(H,21,24)(H,22,23)(H,25,26). The van der Waals surface area contributed by atoms with Crippen molar-refractivity contribution in [3.8, 4) is 0 Å². The molecule has 2 rings (SSSR count). The number of ether oxygens (including phenoxy) is 1. The maximum absolute atomic E-state index is 14.2. The van der Waals surface area contributed by atoms with E-state index in [-0.39, 0.29) is 36.0 Å². The maximum atomic E-state index is 14.2. The van der Waals surface area contributed by atoms with Gasteiger partial charge in [0, 0.05) is 31.7 Å². The van der Waals surface area contributed by atoms with Crippen molar-refractivity contribution >= 4 is 23.5 Å². The van der Waals surface area contributed by atoms with Gasteiger partial charge in [0.25, 0.3) is 5.91 Å². The third-order valence-corrected chi connectivity index (χ3v) is 4.59. The zero-order valence-electron chi connectivity index (χ0n) is 15.5. The van der Waals surface area contributed by atoms with Crippen molar-refractivity contribution in [1.82, 2.24) is 5.32 Å². The van der Waals surface area contributed by atoms with Crippen LogP contribution in [0.25, 0.3) is 0 Å². The molecule has 8 heteroatoms. The van der Waals surface area contributed by atoms with E-state index >= 15 is 0 Å². The summed E-state index contributed by atoms with van der Waals surface area (Å²) >= 11 is 0. The molecule has 1 aromatic rings. The molecular weight excluding hydrogens is 355 g/mol. The van der Waals surface area contributed by atoms with Crippen LogP contribution in [0.1, 0.15) is 43.5 Å². The van der Waals surface area contributed by atoms with Gasteiger partial charge in [0.15, 0.2) is 0 Å². The first-order chi connectivity index (χ1) is 12.7. The molecule has 0 unspecified atom stereocenters. The van der Waals surface area contributed by atoms with Crippen LogP contribution in [0.2, 0.25) is 0 Å². The van der Waals surface area contributed by atoms with Crippen molar-refractivity contribution in [2.75, 3.05) is 25.1 Å². The summed E-state index contributed by atoms with van der Waals surface area (Å²) in [6.07, 6.45) is 0.873. The number of hydrogen-bond acceptors (Lipinski definition) is 4. The maximum Gasteiger partial charge on any atom is 0.311 e. The minimum Gasteiger partial charge on any atom is -0.481 e. The predicted molar refractivity (Wildman–Crippen MR) is 96.9 cm³/mol. The summed E-state index contributed by atoms with van der Waals surface area (Å²) in [4.78, 5) is 35.6. The summed E-state index contributed by atoms with van der Waals surface area (Å²) < 4.78 is 19.4. The summed E-state index contributed by atoms with van der Waals surface area (Å²) in [5.74, 6) is -2.44. The molecule has 7 nitrogen and oxygen atoms in total. The van der Waals surface area contributed by atoms with Crippen LogP contribution in [-0.4, -0.2) is 42.6 Å². The van der Waals surface area contributed by atoms with E-state index in [1.54, 1.807) is 0 Å². The van der Waals surface area contributed by atoms with Gasteiger partial charge in [-0.05, 0) is 37.0 Å².